The van der Waals surface area contributed by atoms with Crippen LogP contribution < -0.4 is 0 Å². The van der Waals surface area contributed by atoms with Gasteiger partial charge in [-0.15, -0.1) is 0 Å². The first-order valence-corrected chi connectivity index (χ1v) is 6.50. The Hall–Kier alpha value is -1.24. The van der Waals surface area contributed by atoms with E-state index < -0.39 is 15.6 Å². The Morgan fingerprint density at radius 1 is 1.50 bits per heavy atom. The molecule has 1 aliphatic carbocycles. The third-order valence-corrected chi connectivity index (χ3v) is 3.50. The van der Waals surface area contributed by atoms with Gasteiger partial charge in [-0.25, -0.2) is 0 Å². The third-order valence-electron chi connectivity index (χ3n) is 2.54. The van der Waals surface area contributed by atoms with Crippen molar-refractivity contribution in [2.75, 3.05) is 0 Å². The molecule has 3 nitrogen and oxygen atoms in total. The van der Waals surface area contributed by atoms with Crippen molar-refractivity contribution in [2.45, 2.75) is 25.8 Å². The SMILES string of the molecule is C=C(C)[C@@H]1C=C(OS(=O)(=O)C(F)(F)F)C(C)=CC1. The topological polar surface area (TPSA) is 43.4 Å². The van der Waals surface area contributed by atoms with E-state index in [2.05, 4.69) is 10.8 Å². The Kier molecular flexibility index (Phi) is 3.95. The average Bonchev–Trinajstić information content (AvgIpc) is 2.18. The van der Waals surface area contributed by atoms with Crippen molar-refractivity contribution in [3.63, 3.8) is 0 Å². The highest BCUT2D eigenvalue weighted by Gasteiger charge is 2.49. The lowest BCUT2D eigenvalue weighted by Gasteiger charge is -2.20. The molecule has 7 heteroatoms. The molecule has 0 amide bonds. The lowest BCUT2D eigenvalue weighted by atomic mass is 9.91. The molecule has 0 saturated carbocycles. The summed E-state index contributed by atoms with van der Waals surface area (Å²) in [5.41, 5.74) is -4.34. The number of hydrogen-bond acceptors (Lipinski definition) is 3. The highest BCUT2D eigenvalue weighted by atomic mass is 32.2. The average molecular weight is 282 g/mol. The Balaban J connectivity index is 3.02. The van der Waals surface area contributed by atoms with E-state index in [9.17, 15) is 21.6 Å². The van der Waals surface area contributed by atoms with E-state index in [1.54, 1.807) is 13.0 Å². The minimum Gasteiger partial charge on any atom is -0.376 e. The molecule has 0 fully saturated rings. The van der Waals surface area contributed by atoms with Crippen LogP contribution >= 0.6 is 0 Å². The van der Waals surface area contributed by atoms with E-state index in [-0.39, 0.29) is 11.7 Å². The molecule has 0 radical (unpaired) electrons. The zero-order chi connectivity index (χ0) is 14.1. The molecule has 102 valence electrons. The summed E-state index contributed by atoms with van der Waals surface area (Å²) in [6, 6.07) is 0. The van der Waals surface area contributed by atoms with Crippen molar-refractivity contribution in [3.8, 4) is 0 Å². The maximum absolute atomic E-state index is 12.2. The maximum atomic E-state index is 12.2. The minimum atomic E-state index is -5.62. The highest BCUT2D eigenvalue weighted by molar-refractivity contribution is 7.87. The van der Waals surface area contributed by atoms with Crippen molar-refractivity contribution in [2.24, 2.45) is 5.92 Å². The van der Waals surface area contributed by atoms with Gasteiger partial charge in [0.2, 0.25) is 0 Å². The van der Waals surface area contributed by atoms with E-state index in [0.29, 0.717) is 12.0 Å². The van der Waals surface area contributed by atoms with Crippen LogP contribution in [0.5, 0.6) is 0 Å². The van der Waals surface area contributed by atoms with Crippen LogP contribution in [-0.2, 0) is 14.3 Å². The predicted molar refractivity (Wildman–Crippen MR) is 60.8 cm³/mol. The quantitative estimate of drug-likeness (QED) is 0.453. The zero-order valence-electron chi connectivity index (χ0n) is 9.91. The molecule has 0 aliphatic heterocycles. The largest absolute Gasteiger partial charge is 0.534 e. The van der Waals surface area contributed by atoms with E-state index >= 15 is 0 Å². The molecule has 0 saturated heterocycles. The summed E-state index contributed by atoms with van der Waals surface area (Å²) in [7, 11) is -5.62. The molecule has 0 heterocycles. The molecule has 0 aromatic heterocycles. The molecular weight excluding hydrogens is 269 g/mol. The number of allylic oxidation sites excluding steroid dienone is 4. The fraction of sp³-hybridized carbons (Fsp3) is 0.455. The van der Waals surface area contributed by atoms with Crippen LogP contribution in [0.4, 0.5) is 13.2 Å². The molecule has 1 rings (SSSR count). The minimum absolute atomic E-state index is 0.216. The van der Waals surface area contributed by atoms with E-state index in [1.807, 2.05) is 0 Å². The summed E-state index contributed by atoms with van der Waals surface area (Å²) in [5.74, 6) is -0.501. The van der Waals surface area contributed by atoms with Crippen molar-refractivity contribution < 1.29 is 25.8 Å². The van der Waals surface area contributed by atoms with Gasteiger partial charge < -0.3 is 4.18 Å². The summed E-state index contributed by atoms with van der Waals surface area (Å²) in [5, 5.41) is 0. The number of halogens is 3. The number of alkyl halides is 3. The second-order valence-corrected chi connectivity index (χ2v) is 5.63. The summed E-state index contributed by atoms with van der Waals surface area (Å²) < 4.78 is 62.5. The Bertz CT molecular complexity index is 512. The van der Waals surface area contributed by atoms with Gasteiger partial charge in [0.25, 0.3) is 0 Å². The predicted octanol–water partition coefficient (Wildman–Crippen LogP) is 3.28. The fourth-order valence-corrected chi connectivity index (χ4v) is 1.91. The Morgan fingerprint density at radius 3 is 2.50 bits per heavy atom. The van der Waals surface area contributed by atoms with Gasteiger partial charge in [0.1, 0.15) is 5.76 Å². The van der Waals surface area contributed by atoms with Gasteiger partial charge in [0.05, 0.1) is 0 Å². The smallest absolute Gasteiger partial charge is 0.376 e. The normalized spacial score (nSPS) is 21.1. The van der Waals surface area contributed by atoms with E-state index in [0.717, 1.165) is 5.57 Å². The Labute approximate surface area is 104 Å². The molecule has 0 spiro atoms. The second-order valence-electron chi connectivity index (χ2n) is 4.09. The molecule has 1 atom stereocenters. The molecular formula is C11H13F3O3S. The van der Waals surface area contributed by atoms with Crippen LogP contribution in [-0.4, -0.2) is 13.9 Å². The molecule has 1 aliphatic rings. The first-order valence-electron chi connectivity index (χ1n) is 5.09. The third kappa shape index (κ3) is 3.16. The van der Waals surface area contributed by atoms with Gasteiger partial charge in [-0.1, -0.05) is 18.2 Å². The Morgan fingerprint density at radius 2 is 2.06 bits per heavy atom. The van der Waals surface area contributed by atoms with Gasteiger partial charge in [0.15, 0.2) is 0 Å². The van der Waals surface area contributed by atoms with Gasteiger partial charge in [0, 0.05) is 5.92 Å². The first-order chi connectivity index (χ1) is 8.04. The molecule has 0 aromatic carbocycles. The van der Waals surface area contributed by atoms with Crippen molar-refractivity contribution in [1.29, 1.82) is 0 Å². The van der Waals surface area contributed by atoms with Gasteiger partial charge in [-0.2, -0.15) is 21.6 Å². The standard InChI is InChI=1S/C11H13F3O3S/c1-7(2)9-5-4-8(3)10(6-9)17-18(15,16)11(12,13)14/h4,6,9H,1,5H2,2-3H3/t9-/m0/s1. The second kappa shape index (κ2) is 4.79. The van der Waals surface area contributed by atoms with Crippen LogP contribution in [0.15, 0.2) is 35.6 Å². The zero-order valence-corrected chi connectivity index (χ0v) is 10.7. The highest BCUT2D eigenvalue weighted by Crippen LogP contribution is 2.32. The van der Waals surface area contributed by atoms with Gasteiger partial charge in [-0.3, -0.25) is 0 Å². The van der Waals surface area contributed by atoms with E-state index in [1.165, 1.54) is 13.0 Å². The van der Waals surface area contributed by atoms with Crippen LogP contribution in [0, 0.1) is 5.92 Å². The molecule has 0 N–H and O–H groups in total. The fourth-order valence-electron chi connectivity index (χ4n) is 1.39. The lowest BCUT2D eigenvalue weighted by molar-refractivity contribution is -0.0520. The molecule has 0 unspecified atom stereocenters. The van der Waals surface area contributed by atoms with Crippen LogP contribution in [0.1, 0.15) is 20.3 Å². The molecule has 18 heavy (non-hydrogen) atoms. The lowest BCUT2D eigenvalue weighted by Crippen LogP contribution is -2.26. The first kappa shape index (κ1) is 14.8. The van der Waals surface area contributed by atoms with Crippen molar-refractivity contribution in [3.05, 3.63) is 35.6 Å². The van der Waals surface area contributed by atoms with Gasteiger partial charge in [-0.05, 0) is 31.9 Å². The van der Waals surface area contributed by atoms with Crippen LogP contribution in [0.25, 0.3) is 0 Å². The van der Waals surface area contributed by atoms with Crippen LogP contribution in [0.2, 0.25) is 0 Å². The monoisotopic (exact) mass is 282 g/mol. The summed E-state index contributed by atoms with van der Waals surface area (Å²) >= 11 is 0. The van der Waals surface area contributed by atoms with E-state index in [4.69, 9.17) is 0 Å². The summed E-state index contributed by atoms with van der Waals surface area (Å²) in [6.45, 7) is 6.89. The van der Waals surface area contributed by atoms with Crippen LogP contribution in [0.3, 0.4) is 0 Å². The molecule has 0 aromatic rings. The summed E-state index contributed by atoms with van der Waals surface area (Å²) in [4.78, 5) is 0. The van der Waals surface area contributed by atoms with Crippen molar-refractivity contribution in [1.82, 2.24) is 0 Å². The van der Waals surface area contributed by atoms with Crippen molar-refractivity contribution >= 4 is 10.1 Å². The van der Waals surface area contributed by atoms with Gasteiger partial charge >= 0.3 is 15.6 Å². The number of rotatable bonds is 3. The number of hydrogen-bond donors (Lipinski definition) is 0. The molecule has 0 bridgehead atoms. The summed E-state index contributed by atoms with van der Waals surface area (Å²) in [6.07, 6.45) is 3.54. The maximum Gasteiger partial charge on any atom is 0.534 e.